The largest absolute Gasteiger partial charge is 0.396 e. The Hall–Kier alpha value is -1.62. The molecule has 3 rings (SSSR count). The molecule has 2 heterocycles. The van der Waals surface area contributed by atoms with Crippen molar-refractivity contribution < 1.29 is 5.11 Å². The lowest BCUT2D eigenvalue weighted by atomic mass is 9.95. The summed E-state index contributed by atoms with van der Waals surface area (Å²) in [5.74, 6) is 0.281. The van der Waals surface area contributed by atoms with Gasteiger partial charge in [0.2, 0.25) is 0 Å². The summed E-state index contributed by atoms with van der Waals surface area (Å²) in [6.07, 6.45) is 4.29. The predicted octanol–water partition coefficient (Wildman–Crippen LogP) is 5.14. The zero-order valence-electron chi connectivity index (χ0n) is 14.3. The van der Waals surface area contributed by atoms with Gasteiger partial charge in [0.1, 0.15) is 0 Å². The maximum atomic E-state index is 9.14. The van der Waals surface area contributed by atoms with E-state index in [2.05, 4.69) is 18.8 Å². The van der Waals surface area contributed by atoms with Crippen molar-refractivity contribution in [2.45, 2.75) is 39.0 Å². The third kappa shape index (κ3) is 3.52. The molecule has 0 aliphatic carbocycles. The van der Waals surface area contributed by atoms with Crippen molar-refractivity contribution in [1.29, 1.82) is 0 Å². The van der Waals surface area contributed by atoms with Gasteiger partial charge in [-0.05, 0) is 49.4 Å². The topological polar surface area (TPSA) is 50.4 Å². The number of halogens is 2. The van der Waals surface area contributed by atoms with E-state index < -0.39 is 0 Å². The molecule has 1 aromatic carbocycles. The third-order valence-corrected chi connectivity index (χ3v) is 5.01. The van der Waals surface area contributed by atoms with Crippen LogP contribution in [0.1, 0.15) is 43.9 Å². The molecule has 6 heteroatoms. The molecule has 0 fully saturated rings. The van der Waals surface area contributed by atoms with E-state index in [-0.39, 0.29) is 12.5 Å². The Kier molecular flexibility index (Phi) is 5.62. The molecular formula is C19H21Cl2N3O. The van der Waals surface area contributed by atoms with E-state index in [1.807, 2.05) is 22.7 Å². The zero-order chi connectivity index (χ0) is 18.0. The van der Waals surface area contributed by atoms with Crippen molar-refractivity contribution in [3.63, 3.8) is 0 Å². The van der Waals surface area contributed by atoms with E-state index in [1.165, 1.54) is 0 Å². The van der Waals surface area contributed by atoms with Crippen LogP contribution >= 0.6 is 23.2 Å². The van der Waals surface area contributed by atoms with Crippen molar-refractivity contribution in [3.8, 4) is 11.3 Å². The molecule has 0 saturated carbocycles. The average Bonchev–Trinajstić information content (AvgIpc) is 2.98. The van der Waals surface area contributed by atoms with Gasteiger partial charge in [-0.15, -0.1) is 0 Å². The fourth-order valence-corrected chi connectivity index (χ4v) is 3.72. The molecule has 3 aromatic rings. The molecule has 132 valence electrons. The first-order valence-electron chi connectivity index (χ1n) is 8.49. The minimum absolute atomic E-state index is 0.198. The van der Waals surface area contributed by atoms with Gasteiger partial charge in [-0.25, -0.2) is 9.50 Å². The van der Waals surface area contributed by atoms with Crippen LogP contribution in [-0.4, -0.2) is 26.3 Å². The monoisotopic (exact) mass is 377 g/mol. The molecule has 0 radical (unpaired) electrons. The normalized spacial score (nSPS) is 12.7. The smallest absolute Gasteiger partial charge is 0.159 e. The fourth-order valence-electron chi connectivity index (χ4n) is 3.22. The van der Waals surface area contributed by atoms with E-state index in [0.29, 0.717) is 10.0 Å². The van der Waals surface area contributed by atoms with Crippen LogP contribution in [0.4, 0.5) is 0 Å². The van der Waals surface area contributed by atoms with Crippen LogP contribution in [0, 0.1) is 0 Å². The molecule has 1 N–H and O–H groups in total. The molecule has 0 amide bonds. The predicted molar refractivity (Wildman–Crippen MR) is 103 cm³/mol. The third-order valence-electron chi connectivity index (χ3n) is 4.46. The number of aromatic nitrogens is 3. The molecule has 25 heavy (non-hydrogen) atoms. The molecule has 0 aliphatic rings. The van der Waals surface area contributed by atoms with Crippen molar-refractivity contribution in [3.05, 3.63) is 51.8 Å². The highest BCUT2D eigenvalue weighted by atomic mass is 35.5. The summed E-state index contributed by atoms with van der Waals surface area (Å²) in [5, 5.41) is 15.1. The summed E-state index contributed by atoms with van der Waals surface area (Å²) in [6.45, 7) is 4.46. The zero-order valence-corrected chi connectivity index (χ0v) is 15.8. The Labute approximate surface area is 157 Å². The maximum absolute atomic E-state index is 9.14. The van der Waals surface area contributed by atoms with Crippen molar-refractivity contribution in [2.75, 3.05) is 6.61 Å². The Morgan fingerprint density at radius 2 is 2.04 bits per heavy atom. The summed E-state index contributed by atoms with van der Waals surface area (Å²) in [5.41, 5.74) is 4.81. The van der Waals surface area contributed by atoms with Gasteiger partial charge in [0.15, 0.2) is 5.65 Å². The van der Waals surface area contributed by atoms with Gasteiger partial charge in [0.05, 0.1) is 16.4 Å². The Balaban J connectivity index is 2.18. The second-order valence-corrected chi connectivity index (χ2v) is 7.01. The molecule has 1 atom stereocenters. The quantitative estimate of drug-likeness (QED) is 0.646. The molecule has 2 aromatic heterocycles. The maximum Gasteiger partial charge on any atom is 0.159 e. The number of nitrogens with zero attached hydrogens (tertiary/aromatic N) is 3. The number of aliphatic hydroxyl groups excluding tert-OH is 1. The second kappa shape index (κ2) is 7.73. The molecule has 0 bridgehead atoms. The highest BCUT2D eigenvalue weighted by Crippen LogP contribution is 2.33. The van der Waals surface area contributed by atoms with Gasteiger partial charge in [0.25, 0.3) is 0 Å². The van der Waals surface area contributed by atoms with Gasteiger partial charge in [-0.3, -0.25) is 0 Å². The molecule has 0 spiro atoms. The minimum atomic E-state index is 0.198. The standard InChI is InChI=1S/C19H21Cl2N3O/c1-3-16-18(12(2)5-4-10-25)19-22-9-8-17(24(19)23-16)14-7-6-13(20)11-15(14)21/h6-9,11-12,25H,3-5,10H2,1-2H3. The summed E-state index contributed by atoms with van der Waals surface area (Å²) in [6, 6.07) is 7.38. The van der Waals surface area contributed by atoms with E-state index >= 15 is 0 Å². The number of aryl methyl sites for hydroxylation is 1. The number of fused-ring (bicyclic) bond motifs is 1. The van der Waals surface area contributed by atoms with E-state index in [1.54, 1.807) is 12.3 Å². The van der Waals surface area contributed by atoms with Gasteiger partial charge in [-0.2, -0.15) is 5.10 Å². The first-order valence-corrected chi connectivity index (χ1v) is 9.25. The Morgan fingerprint density at radius 3 is 2.72 bits per heavy atom. The first-order chi connectivity index (χ1) is 12.1. The highest BCUT2D eigenvalue weighted by Gasteiger charge is 2.20. The van der Waals surface area contributed by atoms with Crippen LogP contribution < -0.4 is 0 Å². The highest BCUT2D eigenvalue weighted by molar-refractivity contribution is 6.36. The molecule has 0 saturated heterocycles. The fraction of sp³-hybridized carbons (Fsp3) is 0.368. The lowest BCUT2D eigenvalue weighted by molar-refractivity contribution is 0.281. The Morgan fingerprint density at radius 1 is 1.24 bits per heavy atom. The van der Waals surface area contributed by atoms with Crippen molar-refractivity contribution in [1.82, 2.24) is 14.6 Å². The molecule has 0 aliphatic heterocycles. The van der Waals surface area contributed by atoms with Crippen molar-refractivity contribution >= 4 is 28.8 Å². The summed E-state index contributed by atoms with van der Waals surface area (Å²) in [4.78, 5) is 4.58. The number of aliphatic hydroxyl groups is 1. The summed E-state index contributed by atoms with van der Waals surface area (Å²) < 4.78 is 1.87. The summed E-state index contributed by atoms with van der Waals surface area (Å²) in [7, 11) is 0. The SMILES string of the molecule is CCc1nn2c(-c3ccc(Cl)cc3Cl)ccnc2c1C(C)CCCO. The number of hydrogen-bond donors (Lipinski definition) is 1. The van der Waals surface area contributed by atoms with Gasteiger partial charge in [-0.1, -0.05) is 37.0 Å². The number of rotatable bonds is 6. The van der Waals surface area contributed by atoms with Crippen LogP contribution in [0.25, 0.3) is 16.9 Å². The lowest BCUT2D eigenvalue weighted by Crippen LogP contribution is -2.00. The summed E-state index contributed by atoms with van der Waals surface area (Å²) >= 11 is 12.4. The molecule has 1 unspecified atom stereocenters. The van der Waals surface area contributed by atoms with Crippen LogP contribution in [0.5, 0.6) is 0 Å². The van der Waals surface area contributed by atoms with Gasteiger partial charge < -0.3 is 5.11 Å². The van der Waals surface area contributed by atoms with Gasteiger partial charge >= 0.3 is 0 Å². The lowest BCUT2D eigenvalue weighted by Gasteiger charge is -2.11. The Bertz CT molecular complexity index is 892. The van der Waals surface area contributed by atoms with Crippen LogP contribution in [0.3, 0.4) is 0 Å². The van der Waals surface area contributed by atoms with Crippen molar-refractivity contribution in [2.24, 2.45) is 0 Å². The number of hydrogen-bond acceptors (Lipinski definition) is 3. The van der Waals surface area contributed by atoms with E-state index in [4.69, 9.17) is 33.4 Å². The van der Waals surface area contributed by atoms with Crippen LogP contribution in [0.15, 0.2) is 30.5 Å². The van der Waals surface area contributed by atoms with E-state index in [0.717, 1.165) is 47.4 Å². The van der Waals surface area contributed by atoms with Gasteiger partial charge in [0, 0.05) is 29.0 Å². The molecule has 4 nitrogen and oxygen atoms in total. The van der Waals surface area contributed by atoms with Crippen LogP contribution in [-0.2, 0) is 6.42 Å². The second-order valence-electron chi connectivity index (χ2n) is 6.17. The molecular weight excluding hydrogens is 357 g/mol. The van der Waals surface area contributed by atoms with Crippen LogP contribution in [0.2, 0.25) is 10.0 Å². The number of benzene rings is 1. The first kappa shape index (κ1) is 18.2. The average molecular weight is 378 g/mol. The minimum Gasteiger partial charge on any atom is -0.396 e. The van der Waals surface area contributed by atoms with E-state index in [9.17, 15) is 0 Å².